The highest BCUT2D eigenvalue weighted by Crippen LogP contribution is 2.32. The van der Waals surface area contributed by atoms with Crippen LogP contribution in [0.25, 0.3) is 5.69 Å². The number of benzene rings is 2. The fourth-order valence-electron chi connectivity index (χ4n) is 3.45. The minimum absolute atomic E-state index is 0.149. The van der Waals surface area contributed by atoms with Gasteiger partial charge in [-0.2, -0.15) is 5.10 Å². The van der Waals surface area contributed by atoms with E-state index in [9.17, 15) is 9.59 Å². The molecule has 0 unspecified atom stereocenters. The molecule has 2 aromatic carbocycles. The number of carbonyl (C=O) groups excluding carboxylic acids is 2. The van der Waals surface area contributed by atoms with E-state index < -0.39 is 6.10 Å². The molecule has 1 atom stereocenters. The van der Waals surface area contributed by atoms with E-state index in [-0.39, 0.29) is 18.2 Å². The van der Waals surface area contributed by atoms with E-state index in [1.54, 1.807) is 41.9 Å². The Morgan fingerprint density at radius 2 is 1.97 bits per heavy atom. The average Bonchev–Trinajstić information content (AvgIpc) is 2.99. The van der Waals surface area contributed by atoms with Crippen molar-refractivity contribution in [2.75, 3.05) is 10.6 Å². The molecule has 2 heterocycles. The normalized spacial score (nSPS) is 15.1. The lowest BCUT2D eigenvalue weighted by molar-refractivity contribution is -0.122. The third kappa shape index (κ3) is 4.24. The molecule has 2 amide bonds. The molecule has 7 nitrogen and oxygen atoms in total. The molecule has 0 saturated carbocycles. The van der Waals surface area contributed by atoms with E-state index in [1.807, 2.05) is 19.9 Å². The molecule has 1 aliphatic rings. The lowest BCUT2D eigenvalue weighted by Gasteiger charge is -2.23. The number of aryl methyl sites for hydroxylation is 1. The molecule has 4 rings (SSSR count). The summed E-state index contributed by atoms with van der Waals surface area (Å²) < 4.78 is 7.28. The van der Waals surface area contributed by atoms with Crippen LogP contribution in [-0.2, 0) is 16.0 Å². The van der Waals surface area contributed by atoms with Crippen LogP contribution in [0.2, 0.25) is 10.0 Å². The zero-order valence-electron chi connectivity index (χ0n) is 17.1. The Morgan fingerprint density at radius 3 is 2.71 bits per heavy atom. The number of anilines is 2. The summed E-state index contributed by atoms with van der Waals surface area (Å²) in [6, 6.07) is 10.4. The summed E-state index contributed by atoms with van der Waals surface area (Å²) in [5.41, 5.74) is 4.27. The summed E-state index contributed by atoms with van der Waals surface area (Å²) in [5, 5.41) is 11.1. The van der Waals surface area contributed by atoms with E-state index >= 15 is 0 Å². The number of rotatable bonds is 4. The number of nitrogens with zero attached hydrogens (tertiary/aromatic N) is 2. The first-order valence-electron chi connectivity index (χ1n) is 9.65. The van der Waals surface area contributed by atoms with Gasteiger partial charge in [-0.3, -0.25) is 9.59 Å². The van der Waals surface area contributed by atoms with Crippen molar-refractivity contribution in [3.63, 3.8) is 0 Å². The van der Waals surface area contributed by atoms with Gasteiger partial charge in [0.1, 0.15) is 5.75 Å². The van der Waals surface area contributed by atoms with Gasteiger partial charge in [0.05, 0.1) is 33.5 Å². The van der Waals surface area contributed by atoms with Gasteiger partial charge in [-0.1, -0.05) is 23.2 Å². The van der Waals surface area contributed by atoms with Crippen LogP contribution < -0.4 is 15.4 Å². The summed E-state index contributed by atoms with van der Waals surface area (Å²) in [4.78, 5) is 24.5. The SMILES string of the molecule is Cc1nn(-c2ccc(Cl)c(Cl)c2)c(C)c1CC(=O)Nc1ccc2c(c1)NC(=O)[C@H](C)O2. The smallest absolute Gasteiger partial charge is 0.265 e. The maximum atomic E-state index is 12.7. The Labute approximate surface area is 189 Å². The second-order valence-corrected chi connectivity index (χ2v) is 8.16. The maximum absolute atomic E-state index is 12.7. The molecule has 1 aliphatic heterocycles. The average molecular weight is 459 g/mol. The van der Waals surface area contributed by atoms with Gasteiger partial charge in [0.15, 0.2) is 6.10 Å². The fraction of sp³-hybridized carbons (Fsp3) is 0.227. The van der Waals surface area contributed by atoms with Crippen LogP contribution >= 0.6 is 23.2 Å². The number of amides is 2. The van der Waals surface area contributed by atoms with Gasteiger partial charge in [-0.15, -0.1) is 0 Å². The van der Waals surface area contributed by atoms with E-state index in [4.69, 9.17) is 27.9 Å². The molecule has 9 heteroatoms. The first-order chi connectivity index (χ1) is 14.7. The number of ether oxygens (including phenoxy) is 1. The molecule has 160 valence electrons. The Bertz CT molecular complexity index is 1210. The standard InChI is InChI=1S/C22H20Cl2N4O3/c1-11-16(12(2)28(27-11)15-5-6-17(23)18(24)9-15)10-21(29)25-14-4-7-20-19(8-14)26-22(30)13(3)31-20/h4-9,13H,10H2,1-3H3,(H,25,29)(H,26,30)/t13-/m0/s1. The monoisotopic (exact) mass is 458 g/mol. The Kier molecular flexibility index (Phi) is 5.64. The second-order valence-electron chi connectivity index (χ2n) is 7.34. The lowest BCUT2D eigenvalue weighted by atomic mass is 10.1. The van der Waals surface area contributed by atoms with Crippen molar-refractivity contribution in [3.8, 4) is 11.4 Å². The third-order valence-corrected chi connectivity index (χ3v) is 5.86. The molecule has 31 heavy (non-hydrogen) atoms. The van der Waals surface area contributed by atoms with Crippen molar-refractivity contribution >= 4 is 46.4 Å². The van der Waals surface area contributed by atoms with Gasteiger partial charge in [-0.25, -0.2) is 4.68 Å². The number of nitrogens with one attached hydrogen (secondary N) is 2. The highest BCUT2D eigenvalue weighted by atomic mass is 35.5. The van der Waals surface area contributed by atoms with Gasteiger partial charge in [-0.05, 0) is 57.2 Å². The molecule has 2 N–H and O–H groups in total. The lowest BCUT2D eigenvalue weighted by Crippen LogP contribution is -2.34. The van der Waals surface area contributed by atoms with Crippen molar-refractivity contribution in [3.05, 3.63) is 63.4 Å². The topological polar surface area (TPSA) is 85.3 Å². The molecule has 0 spiro atoms. The Balaban J connectivity index is 1.52. The molecule has 0 bridgehead atoms. The number of hydrogen-bond donors (Lipinski definition) is 2. The molecule has 1 aromatic heterocycles. The van der Waals surface area contributed by atoms with Crippen molar-refractivity contribution < 1.29 is 14.3 Å². The molecular weight excluding hydrogens is 439 g/mol. The summed E-state index contributed by atoms with van der Waals surface area (Å²) in [6.45, 7) is 5.44. The predicted octanol–water partition coefficient (Wildman–Crippen LogP) is 4.70. The van der Waals surface area contributed by atoms with Gasteiger partial charge >= 0.3 is 0 Å². The largest absolute Gasteiger partial charge is 0.479 e. The highest BCUT2D eigenvalue weighted by Gasteiger charge is 2.24. The molecule has 0 aliphatic carbocycles. The van der Waals surface area contributed by atoms with E-state index in [0.717, 1.165) is 22.6 Å². The van der Waals surface area contributed by atoms with E-state index in [1.165, 1.54) is 0 Å². The second kappa shape index (κ2) is 8.24. The zero-order chi connectivity index (χ0) is 22.3. The Hall–Kier alpha value is -3.03. The third-order valence-electron chi connectivity index (χ3n) is 5.12. The predicted molar refractivity (Wildman–Crippen MR) is 121 cm³/mol. The minimum Gasteiger partial charge on any atom is -0.479 e. The van der Waals surface area contributed by atoms with Crippen molar-refractivity contribution in [1.82, 2.24) is 9.78 Å². The molecule has 0 saturated heterocycles. The van der Waals surface area contributed by atoms with Gasteiger partial charge < -0.3 is 15.4 Å². The molecule has 0 fully saturated rings. The van der Waals surface area contributed by atoms with Crippen LogP contribution in [-0.4, -0.2) is 27.7 Å². The van der Waals surface area contributed by atoms with Crippen LogP contribution in [0.4, 0.5) is 11.4 Å². The van der Waals surface area contributed by atoms with Gasteiger partial charge in [0.25, 0.3) is 5.91 Å². The summed E-state index contributed by atoms with van der Waals surface area (Å²) in [6.07, 6.45) is -0.401. The molecular formula is C22H20Cl2N4O3. The summed E-state index contributed by atoms with van der Waals surface area (Å²) >= 11 is 12.1. The highest BCUT2D eigenvalue weighted by molar-refractivity contribution is 6.42. The van der Waals surface area contributed by atoms with E-state index in [2.05, 4.69) is 15.7 Å². The van der Waals surface area contributed by atoms with Crippen LogP contribution in [0.1, 0.15) is 23.9 Å². The summed E-state index contributed by atoms with van der Waals surface area (Å²) in [5.74, 6) is 0.146. The van der Waals surface area contributed by atoms with Crippen LogP contribution in [0, 0.1) is 13.8 Å². The van der Waals surface area contributed by atoms with Crippen molar-refractivity contribution in [2.24, 2.45) is 0 Å². The zero-order valence-corrected chi connectivity index (χ0v) is 18.6. The van der Waals surface area contributed by atoms with Crippen LogP contribution in [0.15, 0.2) is 36.4 Å². The molecule has 0 radical (unpaired) electrons. The maximum Gasteiger partial charge on any atom is 0.265 e. The van der Waals surface area contributed by atoms with E-state index in [0.29, 0.717) is 27.2 Å². The minimum atomic E-state index is -0.550. The first-order valence-corrected chi connectivity index (χ1v) is 10.4. The quantitative estimate of drug-likeness (QED) is 0.593. The van der Waals surface area contributed by atoms with Crippen molar-refractivity contribution in [1.29, 1.82) is 0 Å². The van der Waals surface area contributed by atoms with Crippen LogP contribution in [0.5, 0.6) is 5.75 Å². The number of hydrogen-bond acceptors (Lipinski definition) is 4. The molecule has 3 aromatic rings. The number of aromatic nitrogens is 2. The van der Waals surface area contributed by atoms with Gasteiger partial charge in [0, 0.05) is 16.9 Å². The summed E-state index contributed by atoms with van der Waals surface area (Å²) in [7, 11) is 0. The Morgan fingerprint density at radius 1 is 1.19 bits per heavy atom. The number of carbonyl (C=O) groups is 2. The van der Waals surface area contributed by atoms with Gasteiger partial charge in [0.2, 0.25) is 5.91 Å². The van der Waals surface area contributed by atoms with Crippen molar-refractivity contribution in [2.45, 2.75) is 33.3 Å². The first kappa shape index (κ1) is 21.2. The number of halogens is 2. The van der Waals surface area contributed by atoms with Crippen LogP contribution in [0.3, 0.4) is 0 Å². The fourth-order valence-corrected chi connectivity index (χ4v) is 3.74. The number of fused-ring (bicyclic) bond motifs is 1.